The van der Waals surface area contributed by atoms with Crippen molar-refractivity contribution in [3.8, 4) is 0 Å². The topological polar surface area (TPSA) is 99.6 Å². The van der Waals surface area contributed by atoms with Gasteiger partial charge in [-0.25, -0.2) is 9.78 Å². The summed E-state index contributed by atoms with van der Waals surface area (Å²) in [5.74, 6) is -0.317. The molecular formula is C27H30Cl2N6O3. The fraction of sp³-hybridized carbons (Fsp3) is 0.407. The maximum atomic E-state index is 13.2. The first kappa shape index (κ1) is 26.3. The van der Waals surface area contributed by atoms with Crippen LogP contribution in [0.3, 0.4) is 0 Å². The van der Waals surface area contributed by atoms with Gasteiger partial charge in [0.1, 0.15) is 6.54 Å². The van der Waals surface area contributed by atoms with Gasteiger partial charge < -0.3 is 20.4 Å². The molecule has 0 unspecified atom stereocenters. The van der Waals surface area contributed by atoms with Crippen LogP contribution in [0.15, 0.2) is 47.5 Å². The normalized spacial score (nSPS) is 16.2. The fourth-order valence-corrected chi connectivity index (χ4v) is 5.34. The van der Waals surface area contributed by atoms with Crippen LogP contribution >= 0.6 is 23.2 Å². The molecule has 1 aliphatic carbocycles. The van der Waals surface area contributed by atoms with E-state index in [1.54, 1.807) is 18.2 Å². The van der Waals surface area contributed by atoms with Gasteiger partial charge in [0.25, 0.3) is 5.56 Å². The van der Waals surface area contributed by atoms with Crippen LogP contribution in [0, 0.1) is 0 Å². The third kappa shape index (κ3) is 6.05. The lowest BCUT2D eigenvalue weighted by Gasteiger charge is -2.36. The number of halogens is 2. The van der Waals surface area contributed by atoms with Gasteiger partial charge in [-0.1, -0.05) is 42.1 Å². The van der Waals surface area contributed by atoms with Crippen LogP contribution in [-0.2, 0) is 17.9 Å². The molecule has 2 aromatic carbocycles. The van der Waals surface area contributed by atoms with Crippen molar-refractivity contribution < 1.29 is 9.59 Å². The Balaban J connectivity index is 1.21. The van der Waals surface area contributed by atoms with E-state index in [1.807, 2.05) is 23.1 Å². The van der Waals surface area contributed by atoms with E-state index in [4.69, 9.17) is 23.2 Å². The molecule has 2 aliphatic rings. The van der Waals surface area contributed by atoms with E-state index in [-0.39, 0.29) is 30.6 Å². The zero-order chi connectivity index (χ0) is 26.6. The zero-order valence-electron chi connectivity index (χ0n) is 21.0. The number of hydrogen-bond acceptors (Lipinski definition) is 5. The lowest BCUT2D eigenvalue weighted by atomic mass is 10.2. The van der Waals surface area contributed by atoms with E-state index in [2.05, 4.69) is 20.5 Å². The molecule has 2 N–H and O–H groups in total. The highest BCUT2D eigenvalue weighted by molar-refractivity contribution is 6.42. The molecule has 0 bridgehead atoms. The van der Waals surface area contributed by atoms with Crippen LogP contribution in [0.4, 0.5) is 10.5 Å². The first-order chi connectivity index (χ1) is 18.4. The Morgan fingerprint density at radius 2 is 1.74 bits per heavy atom. The Kier molecular flexibility index (Phi) is 8.04. The number of carbonyl (C=O) groups is 2. The second-order valence-corrected chi connectivity index (χ2v) is 10.6. The summed E-state index contributed by atoms with van der Waals surface area (Å²) in [6.07, 6.45) is 5.88. The summed E-state index contributed by atoms with van der Waals surface area (Å²) in [7, 11) is 0. The SMILES string of the molecule is O=C(Cn1cnc2ccc(N3CCN(C(=O)NC4CCCC4)CC3)cc2c1=O)NCc1ccc(Cl)c(Cl)c1. The predicted molar refractivity (Wildman–Crippen MR) is 149 cm³/mol. The monoisotopic (exact) mass is 556 g/mol. The van der Waals surface area contributed by atoms with Gasteiger partial charge in [0.2, 0.25) is 5.91 Å². The molecule has 0 atom stereocenters. The summed E-state index contributed by atoms with van der Waals surface area (Å²) in [5, 5.41) is 7.25. The predicted octanol–water partition coefficient (Wildman–Crippen LogP) is 3.79. The van der Waals surface area contributed by atoms with Gasteiger partial charge in [-0.2, -0.15) is 0 Å². The molecule has 5 rings (SSSR count). The fourth-order valence-electron chi connectivity index (χ4n) is 5.02. The van der Waals surface area contributed by atoms with E-state index < -0.39 is 0 Å². The van der Waals surface area contributed by atoms with Crippen molar-refractivity contribution in [1.82, 2.24) is 25.1 Å². The molecule has 1 aromatic heterocycles. The minimum absolute atomic E-state index is 0.0135. The third-order valence-electron chi connectivity index (χ3n) is 7.21. The van der Waals surface area contributed by atoms with Crippen molar-refractivity contribution in [2.75, 3.05) is 31.1 Å². The number of rotatable bonds is 6. The van der Waals surface area contributed by atoms with Crippen LogP contribution in [0.2, 0.25) is 10.0 Å². The van der Waals surface area contributed by atoms with Gasteiger partial charge in [-0.3, -0.25) is 14.2 Å². The quantitative estimate of drug-likeness (QED) is 0.481. The molecule has 9 nitrogen and oxygen atoms in total. The standard InChI is InChI=1S/C27H30Cl2N6O3/c28-22-7-5-18(13-23(22)29)15-30-25(36)16-35-17-31-24-8-6-20(14-21(24)26(35)37)33-9-11-34(12-10-33)27(38)32-19-3-1-2-4-19/h5-8,13-14,17,19H,1-4,9-12,15-16H2,(H,30,36)(H,32,38). The number of amides is 3. The number of carbonyl (C=O) groups excluding carboxylic acids is 2. The number of hydrogen-bond donors (Lipinski definition) is 2. The van der Waals surface area contributed by atoms with Crippen LogP contribution in [0.25, 0.3) is 10.9 Å². The summed E-state index contributed by atoms with van der Waals surface area (Å²) in [6, 6.07) is 11.0. The number of nitrogens with one attached hydrogen (secondary N) is 2. The average Bonchev–Trinajstić information content (AvgIpc) is 3.44. The Hall–Kier alpha value is -3.30. The maximum absolute atomic E-state index is 13.2. The lowest BCUT2D eigenvalue weighted by molar-refractivity contribution is -0.121. The van der Waals surface area contributed by atoms with Crippen molar-refractivity contribution in [2.45, 2.75) is 44.8 Å². The van der Waals surface area contributed by atoms with E-state index in [0.717, 1.165) is 24.1 Å². The Labute approximate surface area is 230 Å². The maximum Gasteiger partial charge on any atom is 0.317 e. The number of fused-ring (bicyclic) bond motifs is 1. The van der Waals surface area contributed by atoms with Crippen LogP contribution in [0.1, 0.15) is 31.2 Å². The van der Waals surface area contributed by atoms with Crippen molar-refractivity contribution >= 4 is 51.7 Å². The van der Waals surface area contributed by atoms with E-state index in [9.17, 15) is 14.4 Å². The average molecular weight is 557 g/mol. The second-order valence-electron chi connectivity index (χ2n) is 9.81. The molecule has 200 valence electrons. The number of piperazine rings is 1. The summed E-state index contributed by atoms with van der Waals surface area (Å²) >= 11 is 12.0. The zero-order valence-corrected chi connectivity index (χ0v) is 22.5. The Bertz CT molecular complexity index is 1400. The molecule has 1 saturated carbocycles. The van der Waals surface area contributed by atoms with Crippen LogP contribution < -0.4 is 21.1 Å². The van der Waals surface area contributed by atoms with E-state index >= 15 is 0 Å². The molecule has 38 heavy (non-hydrogen) atoms. The smallest absolute Gasteiger partial charge is 0.317 e. The highest BCUT2D eigenvalue weighted by Gasteiger charge is 2.25. The third-order valence-corrected chi connectivity index (χ3v) is 7.95. The first-order valence-electron chi connectivity index (χ1n) is 12.9. The number of anilines is 1. The molecule has 0 spiro atoms. The first-order valence-corrected chi connectivity index (χ1v) is 13.6. The van der Waals surface area contributed by atoms with Crippen molar-refractivity contribution in [2.24, 2.45) is 0 Å². The number of aromatic nitrogens is 2. The molecular weight excluding hydrogens is 527 g/mol. The van der Waals surface area contributed by atoms with Gasteiger partial charge >= 0.3 is 6.03 Å². The summed E-state index contributed by atoms with van der Waals surface area (Å²) in [5.41, 5.74) is 1.99. The minimum atomic E-state index is -0.317. The molecule has 1 saturated heterocycles. The van der Waals surface area contributed by atoms with Gasteiger partial charge in [-0.15, -0.1) is 0 Å². The molecule has 3 amide bonds. The number of urea groups is 1. The molecule has 0 radical (unpaired) electrons. The second kappa shape index (κ2) is 11.6. The summed E-state index contributed by atoms with van der Waals surface area (Å²) < 4.78 is 1.31. The minimum Gasteiger partial charge on any atom is -0.368 e. The van der Waals surface area contributed by atoms with Crippen molar-refractivity contribution in [1.29, 1.82) is 0 Å². The van der Waals surface area contributed by atoms with E-state index in [1.165, 1.54) is 23.7 Å². The van der Waals surface area contributed by atoms with Crippen molar-refractivity contribution in [3.63, 3.8) is 0 Å². The number of benzene rings is 2. The molecule has 1 aliphatic heterocycles. The van der Waals surface area contributed by atoms with Gasteiger partial charge in [-0.05, 0) is 48.7 Å². The summed E-state index contributed by atoms with van der Waals surface area (Å²) in [4.78, 5) is 46.7. The molecule has 2 fully saturated rings. The molecule has 2 heterocycles. The van der Waals surface area contributed by atoms with Crippen molar-refractivity contribution in [3.05, 3.63) is 68.7 Å². The molecule has 11 heteroatoms. The highest BCUT2D eigenvalue weighted by Crippen LogP contribution is 2.23. The van der Waals surface area contributed by atoms with Gasteiger partial charge in [0.15, 0.2) is 0 Å². The van der Waals surface area contributed by atoms with Crippen LogP contribution in [-0.4, -0.2) is 58.6 Å². The van der Waals surface area contributed by atoms with E-state index in [0.29, 0.717) is 53.2 Å². The summed E-state index contributed by atoms with van der Waals surface area (Å²) in [6.45, 7) is 2.70. The van der Waals surface area contributed by atoms with Gasteiger partial charge in [0, 0.05) is 44.5 Å². The lowest BCUT2D eigenvalue weighted by Crippen LogP contribution is -2.53. The van der Waals surface area contributed by atoms with Crippen LogP contribution in [0.5, 0.6) is 0 Å². The molecule has 3 aromatic rings. The Morgan fingerprint density at radius 1 is 0.974 bits per heavy atom. The largest absolute Gasteiger partial charge is 0.368 e. The number of nitrogens with zero attached hydrogens (tertiary/aromatic N) is 4. The Morgan fingerprint density at radius 3 is 2.47 bits per heavy atom. The highest BCUT2D eigenvalue weighted by atomic mass is 35.5. The van der Waals surface area contributed by atoms with Gasteiger partial charge in [0.05, 0.1) is 27.3 Å².